The van der Waals surface area contributed by atoms with E-state index in [0.717, 1.165) is 96.3 Å². The van der Waals surface area contributed by atoms with Crippen molar-refractivity contribution >= 4 is 12.1 Å². The molecule has 2 unspecified atom stereocenters. The second-order valence-corrected chi connectivity index (χ2v) is 13.7. The van der Waals surface area contributed by atoms with Crippen molar-refractivity contribution in [2.24, 2.45) is 5.92 Å². The lowest BCUT2D eigenvalue weighted by Gasteiger charge is -2.27. The van der Waals surface area contributed by atoms with Crippen molar-refractivity contribution in [3.05, 3.63) is 0 Å². The monoisotopic (exact) mass is 671 g/mol. The van der Waals surface area contributed by atoms with E-state index < -0.39 is 12.1 Å². The number of carbonyl (C=O) groups is 2. The molecule has 0 spiro atoms. The normalized spacial score (nSPS) is 12.9. The van der Waals surface area contributed by atoms with Gasteiger partial charge in [0.05, 0.1) is 6.61 Å². The summed E-state index contributed by atoms with van der Waals surface area (Å²) in [7, 11) is 0. The zero-order chi connectivity index (χ0) is 34.8. The van der Waals surface area contributed by atoms with Gasteiger partial charge in [-0.1, -0.05) is 124 Å². The molecule has 8 nitrogen and oxygen atoms in total. The highest BCUT2D eigenvalue weighted by atomic mass is 16.7. The molecule has 0 fully saturated rings. The van der Waals surface area contributed by atoms with Crippen LogP contribution in [0.5, 0.6) is 0 Å². The maximum absolute atomic E-state index is 12.6. The lowest BCUT2D eigenvalue weighted by atomic mass is 9.91. The molecule has 2 atom stereocenters. The van der Waals surface area contributed by atoms with Crippen LogP contribution in [0.15, 0.2) is 0 Å². The van der Waals surface area contributed by atoms with Crippen LogP contribution >= 0.6 is 0 Å². The summed E-state index contributed by atoms with van der Waals surface area (Å²) in [5.74, 6) is 0.148. The topological polar surface area (TPSA) is 99.5 Å². The summed E-state index contributed by atoms with van der Waals surface area (Å²) in [5.41, 5.74) is 0. The zero-order valence-corrected chi connectivity index (χ0v) is 31.5. The number of hydrogen-bond acceptors (Lipinski definition) is 7. The number of aliphatic hydroxyl groups is 1. The van der Waals surface area contributed by atoms with Crippen LogP contribution in [0.1, 0.15) is 175 Å². The fourth-order valence-electron chi connectivity index (χ4n) is 6.42. The molecule has 0 bridgehead atoms. The molecule has 0 aromatic carbocycles. The number of aliphatic hydroxyl groups excluding tert-OH is 1. The van der Waals surface area contributed by atoms with Crippen molar-refractivity contribution in [1.82, 2.24) is 9.80 Å². The Labute approximate surface area is 290 Å². The fraction of sp³-hybridized carbons (Fsp3) is 0.949. The van der Waals surface area contributed by atoms with Crippen molar-refractivity contribution in [2.45, 2.75) is 181 Å². The molecule has 0 aromatic rings. The first kappa shape index (κ1) is 45.6. The molecular weight excluding hydrogens is 592 g/mol. The van der Waals surface area contributed by atoms with Gasteiger partial charge < -0.3 is 24.6 Å². The van der Waals surface area contributed by atoms with Gasteiger partial charge >= 0.3 is 12.1 Å². The first-order valence-electron chi connectivity index (χ1n) is 20.0. The minimum Gasteiger partial charge on any atom is -0.481 e. The molecule has 0 rings (SSSR count). The van der Waals surface area contributed by atoms with Crippen LogP contribution in [0, 0.1) is 5.92 Å². The van der Waals surface area contributed by atoms with E-state index in [2.05, 4.69) is 37.5 Å². The maximum atomic E-state index is 12.6. The number of carboxylic acids is 1. The van der Waals surface area contributed by atoms with E-state index >= 15 is 0 Å². The van der Waals surface area contributed by atoms with Crippen molar-refractivity contribution in [2.75, 3.05) is 52.5 Å². The van der Waals surface area contributed by atoms with Gasteiger partial charge in [0.15, 0.2) is 0 Å². The summed E-state index contributed by atoms with van der Waals surface area (Å²) in [4.78, 5) is 28.0. The highest BCUT2D eigenvalue weighted by Gasteiger charge is 2.17. The largest absolute Gasteiger partial charge is 0.508 e. The summed E-state index contributed by atoms with van der Waals surface area (Å²) >= 11 is 0. The minimum atomic E-state index is -0.718. The smallest absolute Gasteiger partial charge is 0.481 e. The number of likely N-dealkylation sites (N-methyl/N-ethyl adjacent to an activating group) is 1. The number of aliphatic carboxylic acids is 1. The molecule has 0 aromatic heterocycles. The van der Waals surface area contributed by atoms with E-state index in [1.54, 1.807) is 0 Å². The van der Waals surface area contributed by atoms with Crippen molar-refractivity contribution in [1.29, 1.82) is 0 Å². The third-order valence-electron chi connectivity index (χ3n) is 9.55. The molecule has 0 amide bonds. The Morgan fingerprint density at radius 3 is 1.70 bits per heavy atom. The number of carbonyl (C=O) groups excluding carboxylic acids is 1. The summed E-state index contributed by atoms with van der Waals surface area (Å²) in [5, 5.41) is 18.4. The molecule has 0 aliphatic carbocycles. The zero-order valence-electron chi connectivity index (χ0n) is 31.5. The number of hydrogen-bond donors (Lipinski definition) is 2. The van der Waals surface area contributed by atoms with Crippen molar-refractivity contribution < 1.29 is 29.3 Å². The van der Waals surface area contributed by atoms with Crippen LogP contribution in [0.4, 0.5) is 4.79 Å². The summed E-state index contributed by atoms with van der Waals surface area (Å²) in [6, 6.07) is 0. The Morgan fingerprint density at radius 1 is 0.574 bits per heavy atom. The Hall–Kier alpha value is -1.38. The second-order valence-electron chi connectivity index (χ2n) is 13.7. The van der Waals surface area contributed by atoms with Crippen molar-refractivity contribution in [3.63, 3.8) is 0 Å². The summed E-state index contributed by atoms with van der Waals surface area (Å²) < 4.78 is 11.3. The van der Waals surface area contributed by atoms with E-state index in [9.17, 15) is 14.7 Å². The van der Waals surface area contributed by atoms with E-state index in [1.165, 1.54) is 77.0 Å². The molecular formula is C39H78N2O6. The van der Waals surface area contributed by atoms with Crippen LogP contribution in [0.2, 0.25) is 0 Å². The standard InChI is InChI=1S/C39H78N2O6/c1-5-9-12-18-24-36(23-11-7-3)25-22-29-40(8-4)30-31-41(32-34-42)33-35-46-39(45)47-37(26-19-13-10-6-2)27-20-16-14-15-17-21-28-38(43)44/h36-37,42H,5-35H2,1-4H3,(H,43,44). The molecule has 0 heterocycles. The minimum absolute atomic E-state index is 0.0904. The fourth-order valence-corrected chi connectivity index (χ4v) is 6.42. The van der Waals surface area contributed by atoms with Gasteiger partial charge in [-0.15, -0.1) is 0 Å². The SMILES string of the molecule is CCCCCCC(CCCC)CCCN(CC)CCN(CCO)CCOC(=O)OC(CCCCCC)CCCCCCCCC(=O)O. The lowest BCUT2D eigenvalue weighted by molar-refractivity contribution is -0.137. The van der Waals surface area contributed by atoms with Crippen LogP contribution in [-0.2, 0) is 14.3 Å². The van der Waals surface area contributed by atoms with E-state index in [0.29, 0.717) is 13.1 Å². The number of ether oxygens (including phenoxy) is 2. The van der Waals surface area contributed by atoms with E-state index in [1.807, 2.05) is 0 Å². The molecule has 47 heavy (non-hydrogen) atoms. The molecule has 0 saturated heterocycles. The van der Waals surface area contributed by atoms with Gasteiger partial charge in [0.1, 0.15) is 12.7 Å². The van der Waals surface area contributed by atoms with Crippen LogP contribution < -0.4 is 0 Å². The number of carboxylic acid groups (broad SMARTS) is 1. The van der Waals surface area contributed by atoms with Gasteiger partial charge in [-0.05, 0) is 64.0 Å². The van der Waals surface area contributed by atoms with Crippen molar-refractivity contribution in [3.8, 4) is 0 Å². The van der Waals surface area contributed by atoms with Gasteiger partial charge in [-0.25, -0.2) is 4.79 Å². The first-order chi connectivity index (χ1) is 22.9. The molecule has 0 saturated carbocycles. The molecule has 280 valence electrons. The molecule has 8 heteroatoms. The van der Waals surface area contributed by atoms with Gasteiger partial charge in [-0.2, -0.15) is 0 Å². The van der Waals surface area contributed by atoms with Crippen LogP contribution in [0.3, 0.4) is 0 Å². The summed E-state index contributed by atoms with van der Waals surface area (Å²) in [6.07, 6.45) is 25.1. The van der Waals surface area contributed by atoms with Crippen LogP contribution in [-0.4, -0.2) is 90.7 Å². The third kappa shape index (κ3) is 30.4. The predicted octanol–water partition coefficient (Wildman–Crippen LogP) is 9.86. The third-order valence-corrected chi connectivity index (χ3v) is 9.55. The molecule has 0 radical (unpaired) electrons. The van der Waals surface area contributed by atoms with E-state index in [4.69, 9.17) is 14.6 Å². The Balaban J connectivity index is 4.54. The van der Waals surface area contributed by atoms with Gasteiger partial charge in [0.2, 0.25) is 0 Å². The average Bonchev–Trinajstić information content (AvgIpc) is 3.05. The second kappa shape index (κ2) is 34.5. The first-order valence-corrected chi connectivity index (χ1v) is 20.0. The predicted molar refractivity (Wildman–Crippen MR) is 196 cm³/mol. The number of unbranched alkanes of at least 4 members (excludes halogenated alkanes) is 12. The average molecular weight is 671 g/mol. The Kier molecular flexibility index (Phi) is 33.5. The lowest BCUT2D eigenvalue weighted by Crippen LogP contribution is -2.39. The summed E-state index contributed by atoms with van der Waals surface area (Å²) in [6.45, 7) is 14.5. The maximum Gasteiger partial charge on any atom is 0.508 e. The molecule has 0 aliphatic heterocycles. The number of rotatable bonds is 36. The Morgan fingerprint density at radius 2 is 1.11 bits per heavy atom. The quantitative estimate of drug-likeness (QED) is 0.0502. The number of nitrogens with zero attached hydrogens (tertiary/aromatic N) is 2. The Bertz CT molecular complexity index is 694. The van der Waals surface area contributed by atoms with Gasteiger partial charge in [-0.3, -0.25) is 9.69 Å². The highest BCUT2D eigenvalue weighted by molar-refractivity contribution is 5.66. The van der Waals surface area contributed by atoms with E-state index in [-0.39, 0.29) is 25.7 Å². The molecule has 2 N–H and O–H groups in total. The highest BCUT2D eigenvalue weighted by Crippen LogP contribution is 2.22. The van der Waals surface area contributed by atoms with Crippen LogP contribution in [0.25, 0.3) is 0 Å². The van der Waals surface area contributed by atoms with Gasteiger partial charge in [0.25, 0.3) is 0 Å². The van der Waals surface area contributed by atoms with Gasteiger partial charge in [0, 0.05) is 32.6 Å². The molecule has 0 aliphatic rings.